The number of aliphatic carboxylic acids is 1. The average Bonchev–Trinajstić information content (AvgIpc) is 2.95. The first-order valence-electron chi connectivity index (χ1n) is 13.4. The highest BCUT2D eigenvalue weighted by atomic mass is 32.2. The Kier molecular flexibility index (Phi) is 13.4. The van der Waals surface area contributed by atoms with Crippen LogP contribution in [0.3, 0.4) is 0 Å². The maximum absolute atomic E-state index is 13.5. The normalized spacial score (nSPS) is 14.6. The van der Waals surface area contributed by atoms with Crippen molar-refractivity contribution in [3.8, 4) is 11.5 Å². The van der Waals surface area contributed by atoms with Crippen LogP contribution in [0.25, 0.3) is 0 Å². The van der Waals surface area contributed by atoms with Gasteiger partial charge in [0.15, 0.2) is 0 Å². The van der Waals surface area contributed by atoms with E-state index in [0.29, 0.717) is 23.3 Å². The zero-order chi connectivity index (χ0) is 30.5. The van der Waals surface area contributed by atoms with E-state index in [1.165, 1.54) is 36.0 Å². The fraction of sp³-hybridized carbons (Fsp3) is 0.448. The number of carbonyl (C=O) groups is 4. The summed E-state index contributed by atoms with van der Waals surface area (Å²) in [5.41, 5.74) is 7.34. The third-order valence-corrected chi connectivity index (χ3v) is 7.45. The minimum absolute atomic E-state index is 0.0302. The molecule has 0 saturated heterocycles. The number of rotatable bonds is 16. The number of carboxylic acid groups (broad SMARTS) is 1. The summed E-state index contributed by atoms with van der Waals surface area (Å²) in [6.45, 7) is 3.73. The van der Waals surface area contributed by atoms with Crippen LogP contribution in [0.4, 0.5) is 0 Å². The molecule has 5 atom stereocenters. The van der Waals surface area contributed by atoms with Crippen LogP contribution >= 0.6 is 11.8 Å². The number of phenols is 2. The Hall–Kier alpha value is -3.77. The van der Waals surface area contributed by atoms with Gasteiger partial charge in [-0.2, -0.15) is 11.8 Å². The van der Waals surface area contributed by atoms with Gasteiger partial charge in [0.2, 0.25) is 17.7 Å². The van der Waals surface area contributed by atoms with Gasteiger partial charge in [-0.05, 0) is 59.7 Å². The average molecular weight is 589 g/mol. The highest BCUT2D eigenvalue weighted by molar-refractivity contribution is 7.98. The lowest BCUT2D eigenvalue weighted by Gasteiger charge is -2.26. The van der Waals surface area contributed by atoms with Gasteiger partial charge in [0.05, 0.1) is 6.04 Å². The van der Waals surface area contributed by atoms with Crippen molar-refractivity contribution in [3.05, 3.63) is 59.7 Å². The molecule has 41 heavy (non-hydrogen) atoms. The van der Waals surface area contributed by atoms with Crippen LogP contribution in [-0.4, -0.2) is 75.2 Å². The first-order chi connectivity index (χ1) is 19.4. The molecule has 0 radical (unpaired) electrons. The number of hydrogen-bond donors (Lipinski definition) is 7. The number of nitrogens with one attached hydrogen (secondary N) is 3. The number of benzene rings is 2. The molecule has 3 amide bonds. The molecule has 8 N–H and O–H groups in total. The molecule has 0 saturated carbocycles. The van der Waals surface area contributed by atoms with Crippen molar-refractivity contribution >= 4 is 35.5 Å². The van der Waals surface area contributed by atoms with E-state index in [4.69, 9.17) is 5.73 Å². The minimum Gasteiger partial charge on any atom is -0.508 e. The molecule has 2 rings (SSSR count). The lowest BCUT2D eigenvalue weighted by molar-refractivity contribution is -0.142. The predicted octanol–water partition coefficient (Wildman–Crippen LogP) is 1.55. The van der Waals surface area contributed by atoms with E-state index in [2.05, 4.69) is 16.0 Å². The van der Waals surface area contributed by atoms with E-state index in [1.54, 1.807) is 24.3 Å². The molecule has 0 aliphatic heterocycles. The van der Waals surface area contributed by atoms with Crippen LogP contribution in [-0.2, 0) is 32.0 Å². The second-order valence-electron chi connectivity index (χ2n) is 9.96. The minimum atomic E-state index is -1.28. The number of phenolic OH excluding ortho intramolecular Hbond substituents is 2. The Balaban J connectivity index is 2.23. The van der Waals surface area contributed by atoms with Gasteiger partial charge >= 0.3 is 5.97 Å². The van der Waals surface area contributed by atoms with Crippen molar-refractivity contribution in [3.63, 3.8) is 0 Å². The number of nitrogens with two attached hydrogens (primary N) is 1. The lowest BCUT2D eigenvalue weighted by Crippen LogP contribution is -2.58. The summed E-state index contributed by atoms with van der Waals surface area (Å²) in [5, 5.41) is 36.7. The second-order valence-corrected chi connectivity index (χ2v) is 10.9. The van der Waals surface area contributed by atoms with E-state index >= 15 is 0 Å². The third kappa shape index (κ3) is 11.0. The smallest absolute Gasteiger partial charge is 0.326 e. The summed E-state index contributed by atoms with van der Waals surface area (Å²) in [7, 11) is 0. The Labute approximate surface area is 244 Å². The molecular formula is C29H40N4O7S. The molecule has 0 heterocycles. The lowest BCUT2D eigenvalue weighted by atomic mass is 9.98. The molecule has 12 heteroatoms. The van der Waals surface area contributed by atoms with Crippen LogP contribution in [0.15, 0.2) is 48.5 Å². The topological polar surface area (TPSA) is 191 Å². The molecule has 0 spiro atoms. The number of carboxylic acids is 1. The number of aromatic hydroxyl groups is 2. The fourth-order valence-corrected chi connectivity index (χ4v) is 4.45. The molecule has 224 valence electrons. The van der Waals surface area contributed by atoms with Gasteiger partial charge in [-0.3, -0.25) is 14.4 Å². The highest BCUT2D eigenvalue weighted by Gasteiger charge is 2.31. The Bertz CT molecular complexity index is 1160. The van der Waals surface area contributed by atoms with Crippen LogP contribution in [0.5, 0.6) is 11.5 Å². The zero-order valence-corrected chi connectivity index (χ0v) is 24.3. The summed E-state index contributed by atoms with van der Waals surface area (Å²) in [5.74, 6) is -2.62. The van der Waals surface area contributed by atoms with Crippen LogP contribution < -0.4 is 21.7 Å². The largest absolute Gasteiger partial charge is 0.508 e. The molecular weight excluding hydrogens is 548 g/mol. The fourth-order valence-electron chi connectivity index (χ4n) is 3.97. The van der Waals surface area contributed by atoms with Crippen LogP contribution in [0, 0.1) is 5.92 Å². The van der Waals surface area contributed by atoms with Crippen molar-refractivity contribution in [2.45, 2.75) is 63.7 Å². The maximum Gasteiger partial charge on any atom is 0.326 e. The molecule has 2 aromatic rings. The third-order valence-electron chi connectivity index (χ3n) is 6.80. The van der Waals surface area contributed by atoms with Crippen molar-refractivity contribution < 1.29 is 34.5 Å². The van der Waals surface area contributed by atoms with Gasteiger partial charge in [-0.15, -0.1) is 0 Å². The van der Waals surface area contributed by atoms with E-state index in [9.17, 15) is 34.5 Å². The molecule has 0 bridgehead atoms. The van der Waals surface area contributed by atoms with Crippen molar-refractivity contribution in [1.82, 2.24) is 16.0 Å². The molecule has 11 nitrogen and oxygen atoms in total. The van der Waals surface area contributed by atoms with Crippen molar-refractivity contribution in [2.24, 2.45) is 11.7 Å². The number of thioether (sulfide) groups is 1. The molecule has 0 aliphatic carbocycles. The standard InChI is InChI=1S/C29H40N4O7S/c1-4-17(2)25(30)28(38)32-23(15-18-5-9-20(34)10-6-18)27(37)31-22(13-14-41-3)26(36)33-24(29(39)40)16-19-7-11-21(35)12-8-19/h5-12,17,22-25,34-35H,4,13-16,30H2,1-3H3,(H,31,37)(H,32,38)(H,33,36)(H,39,40). The maximum atomic E-state index is 13.5. The van der Waals surface area contributed by atoms with Crippen LogP contribution in [0.2, 0.25) is 0 Å². The summed E-state index contributed by atoms with van der Waals surface area (Å²) >= 11 is 1.45. The SMILES string of the molecule is CCC(C)C(N)C(=O)NC(Cc1ccc(O)cc1)C(=O)NC(CCSC)C(=O)NC(Cc1ccc(O)cc1)C(=O)O. The molecule has 5 unspecified atom stereocenters. The van der Waals surface area contributed by atoms with E-state index in [0.717, 1.165) is 0 Å². The monoisotopic (exact) mass is 588 g/mol. The van der Waals surface area contributed by atoms with E-state index < -0.39 is 47.9 Å². The van der Waals surface area contributed by atoms with Gasteiger partial charge in [0, 0.05) is 12.8 Å². The molecule has 2 aromatic carbocycles. The van der Waals surface area contributed by atoms with Crippen molar-refractivity contribution in [2.75, 3.05) is 12.0 Å². The van der Waals surface area contributed by atoms with Gasteiger partial charge in [0.1, 0.15) is 29.6 Å². The first-order valence-corrected chi connectivity index (χ1v) is 14.8. The number of carbonyl (C=O) groups excluding carboxylic acids is 3. The Morgan fingerprint density at radius 1 is 0.780 bits per heavy atom. The Morgan fingerprint density at radius 2 is 1.22 bits per heavy atom. The summed E-state index contributed by atoms with van der Waals surface area (Å²) in [6, 6.07) is 7.86. The predicted molar refractivity (Wildman–Crippen MR) is 157 cm³/mol. The summed E-state index contributed by atoms with van der Waals surface area (Å²) in [4.78, 5) is 51.6. The van der Waals surface area contributed by atoms with Gasteiger partial charge < -0.3 is 37.0 Å². The van der Waals surface area contributed by atoms with Crippen LogP contribution in [0.1, 0.15) is 37.8 Å². The van der Waals surface area contributed by atoms with E-state index in [-0.39, 0.29) is 36.7 Å². The molecule has 0 fully saturated rings. The van der Waals surface area contributed by atoms with Gasteiger partial charge in [-0.1, -0.05) is 44.5 Å². The van der Waals surface area contributed by atoms with Gasteiger partial charge in [-0.25, -0.2) is 4.79 Å². The summed E-state index contributed by atoms with van der Waals surface area (Å²) in [6.07, 6.45) is 2.76. The number of hydrogen-bond acceptors (Lipinski definition) is 8. The van der Waals surface area contributed by atoms with Crippen molar-refractivity contribution in [1.29, 1.82) is 0 Å². The molecule has 0 aromatic heterocycles. The molecule has 0 aliphatic rings. The Morgan fingerprint density at radius 3 is 1.68 bits per heavy atom. The zero-order valence-electron chi connectivity index (χ0n) is 23.5. The summed E-state index contributed by atoms with van der Waals surface area (Å²) < 4.78 is 0. The van der Waals surface area contributed by atoms with Gasteiger partial charge in [0.25, 0.3) is 0 Å². The highest BCUT2D eigenvalue weighted by Crippen LogP contribution is 2.14. The first kappa shape index (κ1) is 33.4. The quantitative estimate of drug-likeness (QED) is 0.152. The number of amides is 3. The second kappa shape index (κ2) is 16.5. The van der Waals surface area contributed by atoms with E-state index in [1.807, 2.05) is 20.1 Å².